The van der Waals surface area contributed by atoms with Crippen LogP contribution in [-0.2, 0) is 9.59 Å². The minimum absolute atomic E-state index is 0.0779. The molecule has 1 aliphatic heterocycles. The van der Waals surface area contributed by atoms with Crippen molar-refractivity contribution in [1.29, 1.82) is 0 Å². The Morgan fingerprint density at radius 1 is 1.08 bits per heavy atom. The van der Waals surface area contributed by atoms with Gasteiger partial charge in [-0.15, -0.1) is 0 Å². The number of hydrogen-bond donors (Lipinski definition) is 1. The van der Waals surface area contributed by atoms with E-state index in [-0.39, 0.29) is 18.2 Å². The Labute approximate surface area is 150 Å². The van der Waals surface area contributed by atoms with Crippen LogP contribution in [0.3, 0.4) is 0 Å². The maximum atomic E-state index is 12.6. The summed E-state index contributed by atoms with van der Waals surface area (Å²) in [5.74, 6) is 0.640. The molecule has 0 radical (unpaired) electrons. The molecule has 0 aliphatic carbocycles. The molecule has 3 rings (SSSR count). The van der Waals surface area contributed by atoms with E-state index in [0.717, 1.165) is 0 Å². The number of benzene rings is 2. The van der Waals surface area contributed by atoms with Gasteiger partial charge in [0.05, 0.1) is 31.4 Å². The van der Waals surface area contributed by atoms with Gasteiger partial charge in [-0.25, -0.2) is 4.90 Å². The largest absolute Gasteiger partial charge is 0.497 e. The molecule has 1 N–H and O–H groups in total. The molecule has 1 aliphatic rings. The minimum atomic E-state index is -0.640. The molecule has 6 nitrogen and oxygen atoms in total. The van der Waals surface area contributed by atoms with Crippen molar-refractivity contribution in [2.24, 2.45) is 0 Å². The van der Waals surface area contributed by atoms with Crippen molar-refractivity contribution in [2.75, 3.05) is 24.4 Å². The molecular formula is C18H17ClN2O4. The first-order chi connectivity index (χ1) is 12.0. The van der Waals surface area contributed by atoms with E-state index < -0.39 is 6.04 Å². The lowest BCUT2D eigenvalue weighted by Crippen LogP contribution is -2.34. The Bertz CT molecular complexity index is 807. The summed E-state index contributed by atoms with van der Waals surface area (Å²) in [6.07, 6.45) is 0.0779. The van der Waals surface area contributed by atoms with E-state index in [1.165, 1.54) is 12.0 Å². The van der Waals surface area contributed by atoms with E-state index in [1.807, 2.05) is 0 Å². The van der Waals surface area contributed by atoms with E-state index in [4.69, 9.17) is 21.1 Å². The summed E-state index contributed by atoms with van der Waals surface area (Å²) < 4.78 is 10.2. The monoisotopic (exact) mass is 360 g/mol. The second kappa shape index (κ2) is 7.03. The minimum Gasteiger partial charge on any atom is -0.497 e. The fourth-order valence-electron chi connectivity index (χ4n) is 2.70. The number of nitrogens with one attached hydrogen (secondary N) is 1. The zero-order chi connectivity index (χ0) is 18.0. The van der Waals surface area contributed by atoms with Crippen LogP contribution in [0.25, 0.3) is 0 Å². The van der Waals surface area contributed by atoms with Crippen LogP contribution in [0, 0.1) is 0 Å². The summed E-state index contributed by atoms with van der Waals surface area (Å²) in [6.45, 7) is 0. The molecule has 0 bridgehead atoms. The number of nitrogens with zero attached hydrogens (tertiary/aromatic N) is 1. The Morgan fingerprint density at radius 2 is 1.80 bits per heavy atom. The lowest BCUT2D eigenvalue weighted by molar-refractivity contribution is -0.121. The Morgan fingerprint density at radius 3 is 2.40 bits per heavy atom. The highest BCUT2D eigenvalue weighted by Crippen LogP contribution is 2.30. The summed E-state index contributed by atoms with van der Waals surface area (Å²) in [5.41, 5.74) is 1.17. The number of ether oxygens (including phenoxy) is 2. The third-order valence-electron chi connectivity index (χ3n) is 3.97. The molecule has 2 amide bonds. The van der Waals surface area contributed by atoms with Crippen molar-refractivity contribution in [1.82, 2.24) is 0 Å². The van der Waals surface area contributed by atoms with Crippen molar-refractivity contribution in [3.63, 3.8) is 0 Å². The highest BCUT2D eigenvalue weighted by atomic mass is 35.5. The molecule has 0 aromatic heterocycles. The van der Waals surface area contributed by atoms with Gasteiger partial charge in [0.2, 0.25) is 5.91 Å². The third-order valence-corrected chi connectivity index (χ3v) is 4.27. The topological polar surface area (TPSA) is 67.9 Å². The van der Waals surface area contributed by atoms with Crippen LogP contribution in [0.5, 0.6) is 11.5 Å². The Kier molecular flexibility index (Phi) is 4.81. The molecule has 1 saturated heterocycles. The van der Waals surface area contributed by atoms with Gasteiger partial charge in [-0.05, 0) is 42.5 Å². The van der Waals surface area contributed by atoms with Gasteiger partial charge in [0, 0.05) is 5.69 Å². The normalized spacial score (nSPS) is 16.9. The fourth-order valence-corrected chi connectivity index (χ4v) is 2.96. The second-order valence-electron chi connectivity index (χ2n) is 5.52. The van der Waals surface area contributed by atoms with Crippen molar-refractivity contribution in [3.8, 4) is 11.5 Å². The van der Waals surface area contributed by atoms with E-state index >= 15 is 0 Å². The molecule has 0 unspecified atom stereocenters. The first-order valence-corrected chi connectivity index (χ1v) is 8.02. The van der Waals surface area contributed by atoms with Crippen LogP contribution in [0.15, 0.2) is 42.5 Å². The predicted octanol–water partition coefficient (Wildman–Crippen LogP) is 3.10. The number of hydrogen-bond acceptors (Lipinski definition) is 5. The second-order valence-corrected chi connectivity index (χ2v) is 5.92. The summed E-state index contributed by atoms with van der Waals surface area (Å²) in [5, 5.41) is 3.49. The zero-order valence-electron chi connectivity index (χ0n) is 13.8. The summed E-state index contributed by atoms with van der Waals surface area (Å²) in [4.78, 5) is 26.1. The summed E-state index contributed by atoms with van der Waals surface area (Å²) in [7, 11) is 3.08. The number of rotatable bonds is 5. The summed E-state index contributed by atoms with van der Waals surface area (Å²) in [6, 6.07) is 11.3. The van der Waals surface area contributed by atoms with Crippen molar-refractivity contribution < 1.29 is 19.1 Å². The summed E-state index contributed by atoms with van der Waals surface area (Å²) >= 11 is 6.09. The van der Waals surface area contributed by atoms with E-state index in [1.54, 1.807) is 49.6 Å². The number of halogens is 1. The molecule has 1 heterocycles. The van der Waals surface area contributed by atoms with Gasteiger partial charge in [-0.2, -0.15) is 0 Å². The zero-order valence-corrected chi connectivity index (χ0v) is 14.5. The molecule has 2 aromatic carbocycles. The molecule has 25 heavy (non-hydrogen) atoms. The van der Waals surface area contributed by atoms with Gasteiger partial charge in [-0.3, -0.25) is 9.59 Å². The third kappa shape index (κ3) is 3.39. The number of imide groups is 1. The van der Waals surface area contributed by atoms with E-state index in [2.05, 4.69) is 5.32 Å². The van der Waals surface area contributed by atoms with Gasteiger partial charge in [0.15, 0.2) is 0 Å². The smallest absolute Gasteiger partial charge is 0.256 e. The Hall–Kier alpha value is -2.73. The SMILES string of the molecule is COc1ccc(N2C(=O)C[C@@H](Nc3ccc(OC)c(Cl)c3)C2=O)cc1. The number of carbonyl (C=O) groups is 2. The van der Waals surface area contributed by atoms with E-state index in [9.17, 15) is 9.59 Å². The molecule has 7 heteroatoms. The lowest BCUT2D eigenvalue weighted by Gasteiger charge is -2.16. The van der Waals surface area contributed by atoms with Gasteiger partial charge in [0.25, 0.3) is 5.91 Å². The lowest BCUT2D eigenvalue weighted by atomic mass is 10.2. The van der Waals surface area contributed by atoms with Crippen molar-refractivity contribution in [3.05, 3.63) is 47.5 Å². The average molecular weight is 361 g/mol. The highest BCUT2D eigenvalue weighted by molar-refractivity contribution is 6.32. The molecule has 130 valence electrons. The van der Waals surface area contributed by atoms with Crippen LogP contribution >= 0.6 is 11.6 Å². The van der Waals surface area contributed by atoms with Crippen LogP contribution in [0.4, 0.5) is 11.4 Å². The molecule has 1 fully saturated rings. The van der Waals surface area contributed by atoms with Crippen molar-refractivity contribution in [2.45, 2.75) is 12.5 Å². The average Bonchev–Trinajstić information content (AvgIpc) is 2.89. The van der Waals surface area contributed by atoms with Crippen LogP contribution < -0.4 is 19.7 Å². The number of amides is 2. The predicted molar refractivity (Wildman–Crippen MR) is 95.5 cm³/mol. The maximum absolute atomic E-state index is 12.6. The van der Waals surface area contributed by atoms with Crippen LogP contribution in [0.2, 0.25) is 5.02 Å². The quantitative estimate of drug-likeness (QED) is 0.830. The number of anilines is 2. The molecule has 1 atom stereocenters. The molecule has 0 saturated carbocycles. The number of methoxy groups -OCH3 is 2. The number of carbonyl (C=O) groups excluding carboxylic acids is 2. The van der Waals surface area contributed by atoms with Gasteiger partial charge < -0.3 is 14.8 Å². The molecule has 2 aromatic rings. The van der Waals surface area contributed by atoms with E-state index in [0.29, 0.717) is 27.9 Å². The molecular weight excluding hydrogens is 344 g/mol. The highest BCUT2D eigenvalue weighted by Gasteiger charge is 2.39. The van der Waals surface area contributed by atoms with Gasteiger partial charge in [0.1, 0.15) is 17.5 Å². The standard InChI is InChI=1S/C18H17ClN2O4/c1-24-13-6-4-12(5-7-13)21-17(22)10-15(18(21)23)20-11-3-8-16(25-2)14(19)9-11/h3-9,15,20H,10H2,1-2H3/t15-/m1/s1. The van der Waals surface area contributed by atoms with Gasteiger partial charge in [-0.1, -0.05) is 11.6 Å². The Balaban J connectivity index is 1.77. The van der Waals surface area contributed by atoms with Crippen molar-refractivity contribution >= 4 is 34.8 Å². The maximum Gasteiger partial charge on any atom is 0.256 e. The molecule has 0 spiro atoms. The first kappa shape index (κ1) is 17.1. The first-order valence-electron chi connectivity index (χ1n) is 7.64. The van der Waals surface area contributed by atoms with Gasteiger partial charge >= 0.3 is 0 Å². The van der Waals surface area contributed by atoms with Crippen LogP contribution in [0.1, 0.15) is 6.42 Å². The van der Waals surface area contributed by atoms with Crippen LogP contribution in [-0.4, -0.2) is 32.1 Å². The fraction of sp³-hybridized carbons (Fsp3) is 0.222.